The van der Waals surface area contributed by atoms with Gasteiger partial charge in [-0.2, -0.15) is 11.3 Å². The van der Waals surface area contributed by atoms with Crippen molar-refractivity contribution in [3.05, 3.63) is 82.3 Å². The fourth-order valence-electron chi connectivity index (χ4n) is 2.41. The Hall–Kier alpha value is -2.70. The minimum absolute atomic E-state index is 0.174. The molecule has 0 aliphatic rings. The van der Waals surface area contributed by atoms with Crippen LogP contribution in [0, 0.1) is 0 Å². The molecule has 25 heavy (non-hydrogen) atoms. The molecule has 4 nitrogen and oxygen atoms in total. The summed E-state index contributed by atoms with van der Waals surface area (Å²) < 4.78 is 7.36. The summed E-state index contributed by atoms with van der Waals surface area (Å²) >= 11 is 3.20. The van der Waals surface area contributed by atoms with Crippen molar-refractivity contribution < 1.29 is 9.53 Å². The van der Waals surface area contributed by atoms with E-state index in [0.717, 1.165) is 22.0 Å². The molecule has 124 valence electrons. The van der Waals surface area contributed by atoms with Crippen LogP contribution in [0.2, 0.25) is 0 Å². The Kier molecular flexibility index (Phi) is 4.45. The molecule has 0 aliphatic carbocycles. The monoisotopic (exact) mass is 366 g/mol. The quantitative estimate of drug-likeness (QED) is 0.466. The van der Waals surface area contributed by atoms with Gasteiger partial charge >= 0.3 is 5.97 Å². The Labute approximate surface area is 153 Å². The summed E-state index contributed by atoms with van der Waals surface area (Å²) in [5.41, 5.74) is 3.32. The van der Waals surface area contributed by atoms with Gasteiger partial charge in [0.1, 0.15) is 11.6 Å². The minimum atomic E-state index is -0.348. The molecular weight excluding hydrogens is 352 g/mol. The average molecular weight is 366 g/mol. The number of thiazole rings is 1. The summed E-state index contributed by atoms with van der Waals surface area (Å²) in [6.45, 7) is 0.174. The second kappa shape index (κ2) is 7.04. The summed E-state index contributed by atoms with van der Waals surface area (Å²) in [7, 11) is 0. The van der Waals surface area contributed by atoms with Gasteiger partial charge in [0, 0.05) is 34.4 Å². The molecule has 0 N–H and O–H groups in total. The second-order valence-corrected chi connectivity index (χ2v) is 7.01. The van der Waals surface area contributed by atoms with E-state index < -0.39 is 0 Å². The molecule has 3 aromatic heterocycles. The maximum Gasteiger partial charge on any atom is 0.338 e. The molecule has 0 unspecified atom stereocenters. The summed E-state index contributed by atoms with van der Waals surface area (Å²) in [4.78, 5) is 16.8. The molecule has 0 radical (unpaired) electrons. The highest BCUT2D eigenvalue weighted by Crippen LogP contribution is 2.26. The average Bonchev–Trinajstić information content (AvgIpc) is 3.42. The van der Waals surface area contributed by atoms with Gasteiger partial charge in [0.25, 0.3) is 0 Å². The largest absolute Gasteiger partial charge is 0.456 e. The highest BCUT2D eigenvalue weighted by Gasteiger charge is 2.11. The zero-order chi connectivity index (χ0) is 17.1. The molecule has 3 heterocycles. The number of benzene rings is 1. The predicted octanol–water partition coefficient (Wildman–Crippen LogP) is 5.02. The van der Waals surface area contributed by atoms with Crippen molar-refractivity contribution in [2.75, 3.05) is 0 Å². The molecule has 0 amide bonds. The fourth-order valence-corrected chi connectivity index (χ4v) is 3.93. The van der Waals surface area contributed by atoms with Crippen LogP contribution in [0.4, 0.5) is 0 Å². The Morgan fingerprint density at radius 3 is 2.80 bits per heavy atom. The van der Waals surface area contributed by atoms with E-state index in [0.29, 0.717) is 5.56 Å². The van der Waals surface area contributed by atoms with Gasteiger partial charge in [-0.15, -0.1) is 11.3 Å². The molecule has 0 spiro atoms. The molecule has 0 atom stereocenters. The van der Waals surface area contributed by atoms with E-state index in [9.17, 15) is 4.79 Å². The van der Waals surface area contributed by atoms with Crippen LogP contribution >= 0.6 is 22.7 Å². The lowest BCUT2D eigenvalue weighted by atomic mass is 10.2. The van der Waals surface area contributed by atoms with Crippen LogP contribution in [0.5, 0.6) is 0 Å². The molecule has 0 aliphatic heterocycles. The summed E-state index contributed by atoms with van der Waals surface area (Å²) in [5, 5.41) is 6.95. The van der Waals surface area contributed by atoms with Crippen LogP contribution in [0.15, 0.2) is 71.0 Å². The Morgan fingerprint density at radius 1 is 1.12 bits per heavy atom. The van der Waals surface area contributed by atoms with Gasteiger partial charge in [0.05, 0.1) is 11.3 Å². The molecular formula is C19H14N2O2S2. The van der Waals surface area contributed by atoms with Crippen molar-refractivity contribution in [1.82, 2.24) is 9.55 Å². The first-order chi connectivity index (χ1) is 12.3. The van der Waals surface area contributed by atoms with Crippen molar-refractivity contribution >= 4 is 28.6 Å². The number of rotatable bonds is 5. The lowest BCUT2D eigenvalue weighted by Crippen LogP contribution is -2.06. The Morgan fingerprint density at radius 2 is 2.00 bits per heavy atom. The maximum atomic E-state index is 12.3. The number of aromatic nitrogens is 2. The van der Waals surface area contributed by atoms with E-state index >= 15 is 0 Å². The first-order valence-corrected chi connectivity index (χ1v) is 9.49. The molecule has 0 saturated carbocycles. The van der Waals surface area contributed by atoms with Gasteiger partial charge in [0.15, 0.2) is 0 Å². The van der Waals surface area contributed by atoms with Crippen LogP contribution in [0.3, 0.4) is 0 Å². The lowest BCUT2D eigenvalue weighted by molar-refractivity contribution is 0.0468. The molecule has 4 rings (SSSR count). The van der Waals surface area contributed by atoms with Crippen LogP contribution < -0.4 is 0 Å². The molecule has 6 heteroatoms. The van der Waals surface area contributed by atoms with Gasteiger partial charge in [-0.25, -0.2) is 9.78 Å². The molecule has 0 bridgehead atoms. The number of hydrogen-bond acceptors (Lipinski definition) is 5. The van der Waals surface area contributed by atoms with Gasteiger partial charge < -0.3 is 9.30 Å². The zero-order valence-corrected chi connectivity index (χ0v) is 14.8. The summed E-state index contributed by atoms with van der Waals surface area (Å²) in [6, 6.07) is 13.3. The van der Waals surface area contributed by atoms with Crippen molar-refractivity contribution in [3.63, 3.8) is 0 Å². The van der Waals surface area contributed by atoms with E-state index in [2.05, 4.69) is 10.4 Å². The SMILES string of the molecule is O=C(OCc1csc(-c2ccsc2)n1)c1cccc(-n2cccc2)c1. The van der Waals surface area contributed by atoms with Crippen LogP contribution in [0.25, 0.3) is 16.3 Å². The zero-order valence-electron chi connectivity index (χ0n) is 13.2. The first kappa shape index (κ1) is 15.8. The van der Waals surface area contributed by atoms with E-state index in [1.54, 1.807) is 28.7 Å². The first-order valence-electron chi connectivity index (χ1n) is 7.67. The normalized spacial score (nSPS) is 10.7. The number of nitrogens with zero attached hydrogens (tertiary/aromatic N) is 2. The number of esters is 1. The van der Waals surface area contributed by atoms with E-state index in [-0.39, 0.29) is 12.6 Å². The number of thiophene rings is 1. The highest BCUT2D eigenvalue weighted by molar-refractivity contribution is 7.14. The third-order valence-electron chi connectivity index (χ3n) is 3.66. The molecule has 4 aromatic rings. The van der Waals surface area contributed by atoms with Gasteiger partial charge in [-0.05, 0) is 41.8 Å². The maximum absolute atomic E-state index is 12.3. The highest BCUT2D eigenvalue weighted by atomic mass is 32.1. The predicted molar refractivity (Wildman–Crippen MR) is 100 cm³/mol. The standard InChI is InChI=1S/C19H14N2O2S2/c22-19(14-4-3-5-17(10-14)21-7-1-2-8-21)23-11-16-13-25-18(20-16)15-6-9-24-12-15/h1-10,12-13H,11H2. The van der Waals surface area contributed by atoms with E-state index in [1.807, 2.05) is 64.1 Å². The minimum Gasteiger partial charge on any atom is -0.456 e. The molecule has 0 saturated heterocycles. The number of hydrogen-bond donors (Lipinski definition) is 0. The Balaban J connectivity index is 1.43. The van der Waals surface area contributed by atoms with Gasteiger partial charge in [0.2, 0.25) is 0 Å². The number of carbonyl (C=O) groups is 1. The van der Waals surface area contributed by atoms with Crippen LogP contribution in [0.1, 0.15) is 16.1 Å². The van der Waals surface area contributed by atoms with Crippen molar-refractivity contribution in [2.45, 2.75) is 6.61 Å². The molecule has 1 aromatic carbocycles. The smallest absolute Gasteiger partial charge is 0.338 e. The Bertz CT molecular complexity index is 973. The third-order valence-corrected chi connectivity index (χ3v) is 5.28. The van der Waals surface area contributed by atoms with Crippen molar-refractivity contribution in [3.8, 4) is 16.3 Å². The van der Waals surface area contributed by atoms with Gasteiger partial charge in [-0.3, -0.25) is 0 Å². The number of carbonyl (C=O) groups excluding carboxylic acids is 1. The summed E-state index contributed by atoms with van der Waals surface area (Å²) in [5.74, 6) is -0.348. The molecule has 0 fully saturated rings. The number of ether oxygens (including phenoxy) is 1. The second-order valence-electron chi connectivity index (χ2n) is 5.37. The van der Waals surface area contributed by atoms with E-state index in [1.165, 1.54) is 0 Å². The van der Waals surface area contributed by atoms with Gasteiger partial charge in [-0.1, -0.05) is 6.07 Å². The van der Waals surface area contributed by atoms with Crippen molar-refractivity contribution in [2.24, 2.45) is 0 Å². The third kappa shape index (κ3) is 3.55. The van der Waals surface area contributed by atoms with Crippen LogP contribution in [-0.4, -0.2) is 15.5 Å². The topological polar surface area (TPSA) is 44.1 Å². The van der Waals surface area contributed by atoms with Crippen LogP contribution in [-0.2, 0) is 11.3 Å². The van der Waals surface area contributed by atoms with Crippen molar-refractivity contribution in [1.29, 1.82) is 0 Å². The van der Waals surface area contributed by atoms with E-state index in [4.69, 9.17) is 4.74 Å². The lowest BCUT2D eigenvalue weighted by Gasteiger charge is -2.06. The fraction of sp³-hybridized carbons (Fsp3) is 0.0526. The summed E-state index contributed by atoms with van der Waals surface area (Å²) in [6.07, 6.45) is 3.87.